The zero-order valence-corrected chi connectivity index (χ0v) is 14.8. The first-order valence-electron chi connectivity index (χ1n) is 8.68. The van der Waals surface area contributed by atoms with Crippen LogP contribution in [0, 0.1) is 13.8 Å². The smallest absolute Gasteiger partial charge is 0.255 e. The molecule has 1 amide bonds. The number of para-hydroxylation sites is 1. The summed E-state index contributed by atoms with van der Waals surface area (Å²) in [7, 11) is 0. The lowest BCUT2D eigenvalue weighted by molar-refractivity contribution is -0.0248. The number of carbonyl (C=O) groups is 1. The number of aryl methyl sites for hydroxylation is 2. The number of hydrogen-bond donors (Lipinski definition) is 0. The Hall–Kier alpha value is -2.86. The fourth-order valence-electron chi connectivity index (χ4n) is 3.29. The van der Waals surface area contributed by atoms with Gasteiger partial charge in [0.1, 0.15) is 11.9 Å². The molecular weight excluding hydrogens is 328 g/mol. The fourth-order valence-corrected chi connectivity index (χ4v) is 3.29. The van der Waals surface area contributed by atoms with Gasteiger partial charge in [-0.15, -0.1) is 0 Å². The quantitative estimate of drug-likeness (QED) is 0.712. The maximum atomic E-state index is 13.0. The van der Waals surface area contributed by atoms with Crippen molar-refractivity contribution in [1.29, 1.82) is 0 Å². The lowest BCUT2D eigenvalue weighted by Gasteiger charge is -2.32. The Bertz CT molecular complexity index is 953. The molecule has 26 heavy (non-hydrogen) atoms. The molecule has 0 radical (unpaired) electrons. The molecule has 6 heteroatoms. The summed E-state index contributed by atoms with van der Waals surface area (Å²) in [6.45, 7) is 5.32. The van der Waals surface area contributed by atoms with Crippen molar-refractivity contribution in [3.63, 3.8) is 0 Å². The van der Waals surface area contributed by atoms with Gasteiger partial charge in [0.15, 0.2) is 0 Å². The van der Waals surface area contributed by atoms with Crippen molar-refractivity contribution in [2.24, 2.45) is 0 Å². The van der Waals surface area contributed by atoms with E-state index in [-0.39, 0.29) is 12.0 Å². The van der Waals surface area contributed by atoms with Crippen LogP contribution >= 0.6 is 0 Å². The summed E-state index contributed by atoms with van der Waals surface area (Å²) in [6.07, 6.45) is 1.41. The van der Waals surface area contributed by atoms with Crippen molar-refractivity contribution in [3.05, 3.63) is 65.4 Å². The average molecular weight is 348 g/mol. The molecule has 0 saturated carbocycles. The zero-order chi connectivity index (χ0) is 18.1. The van der Waals surface area contributed by atoms with E-state index in [0.29, 0.717) is 31.1 Å². The van der Waals surface area contributed by atoms with Crippen molar-refractivity contribution in [2.75, 3.05) is 19.7 Å². The van der Waals surface area contributed by atoms with Crippen molar-refractivity contribution in [1.82, 2.24) is 19.9 Å². The van der Waals surface area contributed by atoms with E-state index in [2.05, 4.69) is 15.0 Å². The summed E-state index contributed by atoms with van der Waals surface area (Å²) in [5, 5.41) is 0.963. The summed E-state index contributed by atoms with van der Waals surface area (Å²) in [6, 6.07) is 11.6. The largest absolute Gasteiger partial charge is 0.368 e. The number of morpholine rings is 1. The van der Waals surface area contributed by atoms with Gasteiger partial charge < -0.3 is 9.64 Å². The highest BCUT2D eigenvalue weighted by atomic mass is 16.5. The van der Waals surface area contributed by atoms with E-state index < -0.39 is 0 Å². The Morgan fingerprint density at radius 3 is 2.88 bits per heavy atom. The Labute approximate surface area is 151 Å². The molecule has 0 unspecified atom stereocenters. The average Bonchev–Trinajstić information content (AvgIpc) is 2.66. The van der Waals surface area contributed by atoms with Crippen LogP contribution in [0.25, 0.3) is 10.9 Å². The molecular formula is C20H20N4O2. The molecule has 6 nitrogen and oxygen atoms in total. The van der Waals surface area contributed by atoms with Gasteiger partial charge in [0.05, 0.1) is 29.9 Å². The van der Waals surface area contributed by atoms with Gasteiger partial charge in [0, 0.05) is 23.8 Å². The number of benzene rings is 1. The molecule has 1 aromatic carbocycles. The zero-order valence-electron chi connectivity index (χ0n) is 14.8. The van der Waals surface area contributed by atoms with Gasteiger partial charge >= 0.3 is 0 Å². The molecule has 0 N–H and O–H groups in total. The van der Waals surface area contributed by atoms with Crippen LogP contribution in [0.1, 0.15) is 33.7 Å². The third-order valence-corrected chi connectivity index (χ3v) is 4.51. The molecule has 3 heterocycles. The summed E-state index contributed by atoms with van der Waals surface area (Å²) in [4.78, 5) is 27.9. The van der Waals surface area contributed by atoms with E-state index in [0.717, 1.165) is 22.3 Å². The molecule has 1 atom stereocenters. The van der Waals surface area contributed by atoms with Crippen LogP contribution in [-0.2, 0) is 4.74 Å². The standard InChI is InChI=1S/C20H20N4O2/c1-13-9-18(23-14(2)22-13)19-12-24(7-8-26-19)20(25)16-10-15-5-3-4-6-17(15)21-11-16/h3-6,9-11,19H,7-8,12H2,1-2H3/t19-/m0/s1. The molecule has 3 aromatic rings. The van der Waals surface area contributed by atoms with Crippen LogP contribution in [0.15, 0.2) is 42.6 Å². The monoisotopic (exact) mass is 348 g/mol. The second-order valence-corrected chi connectivity index (χ2v) is 6.51. The Morgan fingerprint density at radius 2 is 2.04 bits per heavy atom. The lowest BCUT2D eigenvalue weighted by Crippen LogP contribution is -2.42. The molecule has 0 spiro atoms. The Balaban J connectivity index is 1.57. The molecule has 4 rings (SSSR count). The van der Waals surface area contributed by atoms with Crippen LogP contribution < -0.4 is 0 Å². The normalized spacial score (nSPS) is 17.5. The highest BCUT2D eigenvalue weighted by Gasteiger charge is 2.27. The molecule has 1 aliphatic rings. The molecule has 0 aliphatic carbocycles. The number of pyridine rings is 1. The topological polar surface area (TPSA) is 68.2 Å². The summed E-state index contributed by atoms with van der Waals surface area (Å²) in [5.74, 6) is 0.685. The minimum Gasteiger partial charge on any atom is -0.368 e. The van der Waals surface area contributed by atoms with Crippen LogP contribution in [0.4, 0.5) is 0 Å². The lowest BCUT2D eigenvalue weighted by atomic mass is 10.1. The summed E-state index contributed by atoms with van der Waals surface area (Å²) < 4.78 is 5.86. The number of ether oxygens (including phenoxy) is 1. The molecule has 1 saturated heterocycles. The van der Waals surface area contributed by atoms with Crippen LogP contribution in [0.5, 0.6) is 0 Å². The second-order valence-electron chi connectivity index (χ2n) is 6.51. The highest BCUT2D eigenvalue weighted by Crippen LogP contribution is 2.23. The Morgan fingerprint density at radius 1 is 1.19 bits per heavy atom. The molecule has 2 aromatic heterocycles. The molecule has 0 bridgehead atoms. The van der Waals surface area contributed by atoms with Crippen molar-refractivity contribution in [3.8, 4) is 0 Å². The maximum Gasteiger partial charge on any atom is 0.255 e. The molecule has 1 aliphatic heterocycles. The first kappa shape index (κ1) is 16.6. The second kappa shape index (κ2) is 6.80. The van der Waals surface area contributed by atoms with Gasteiger partial charge in [-0.3, -0.25) is 9.78 Å². The highest BCUT2D eigenvalue weighted by molar-refractivity contribution is 5.97. The minimum atomic E-state index is -0.235. The van der Waals surface area contributed by atoms with E-state index >= 15 is 0 Å². The van der Waals surface area contributed by atoms with E-state index in [1.165, 1.54) is 0 Å². The van der Waals surface area contributed by atoms with Crippen LogP contribution in [0.2, 0.25) is 0 Å². The van der Waals surface area contributed by atoms with Crippen molar-refractivity contribution < 1.29 is 9.53 Å². The third kappa shape index (κ3) is 3.28. The van der Waals surface area contributed by atoms with Gasteiger partial charge in [0.2, 0.25) is 0 Å². The van der Waals surface area contributed by atoms with Gasteiger partial charge in [0.25, 0.3) is 5.91 Å². The van der Waals surface area contributed by atoms with Crippen molar-refractivity contribution in [2.45, 2.75) is 20.0 Å². The van der Waals surface area contributed by atoms with Gasteiger partial charge in [-0.25, -0.2) is 9.97 Å². The minimum absolute atomic E-state index is 0.0287. The molecule has 1 fully saturated rings. The predicted octanol–water partition coefficient (Wildman–Crippen LogP) is 2.86. The number of rotatable bonds is 2. The van der Waals surface area contributed by atoms with E-state index in [1.54, 1.807) is 6.20 Å². The van der Waals surface area contributed by atoms with Gasteiger partial charge in [-0.05, 0) is 32.0 Å². The van der Waals surface area contributed by atoms with Gasteiger partial charge in [-0.1, -0.05) is 18.2 Å². The number of aromatic nitrogens is 3. The van der Waals surface area contributed by atoms with E-state index in [9.17, 15) is 4.79 Å². The number of fused-ring (bicyclic) bond motifs is 1. The number of nitrogens with zero attached hydrogens (tertiary/aromatic N) is 4. The first-order chi connectivity index (χ1) is 12.6. The predicted molar refractivity (Wildman–Crippen MR) is 97.8 cm³/mol. The SMILES string of the molecule is Cc1cc([C@@H]2CN(C(=O)c3cnc4ccccc4c3)CCO2)nc(C)n1. The van der Waals surface area contributed by atoms with Gasteiger partial charge in [-0.2, -0.15) is 0 Å². The van der Waals surface area contributed by atoms with Crippen LogP contribution in [-0.4, -0.2) is 45.5 Å². The number of carbonyl (C=O) groups excluding carboxylic acids is 1. The number of amides is 1. The fraction of sp³-hybridized carbons (Fsp3) is 0.300. The van der Waals surface area contributed by atoms with Crippen LogP contribution in [0.3, 0.4) is 0 Å². The Kier molecular flexibility index (Phi) is 4.34. The number of hydrogen-bond acceptors (Lipinski definition) is 5. The maximum absolute atomic E-state index is 13.0. The van der Waals surface area contributed by atoms with Crippen molar-refractivity contribution >= 4 is 16.8 Å². The first-order valence-corrected chi connectivity index (χ1v) is 8.68. The summed E-state index contributed by atoms with van der Waals surface area (Å²) >= 11 is 0. The summed E-state index contributed by atoms with van der Waals surface area (Å²) in [5.41, 5.74) is 3.21. The third-order valence-electron chi connectivity index (χ3n) is 4.51. The van der Waals surface area contributed by atoms with E-state index in [4.69, 9.17) is 4.74 Å². The molecule has 132 valence electrons. The van der Waals surface area contributed by atoms with E-state index in [1.807, 2.05) is 55.1 Å².